The number of benzene rings is 1. The Labute approximate surface area is 121 Å². The van der Waals surface area contributed by atoms with Gasteiger partial charge in [0.1, 0.15) is 6.61 Å². The van der Waals surface area contributed by atoms with E-state index in [9.17, 15) is 9.59 Å². The molecule has 4 nitrogen and oxygen atoms in total. The van der Waals surface area contributed by atoms with Crippen LogP contribution in [0.15, 0.2) is 30.3 Å². The lowest BCUT2D eigenvalue weighted by atomic mass is 9.91. The third-order valence-corrected chi connectivity index (χ3v) is 2.94. The molecule has 0 unspecified atom stereocenters. The minimum absolute atomic E-state index is 0.131. The van der Waals surface area contributed by atoms with Gasteiger partial charge in [0.15, 0.2) is 0 Å². The largest absolute Gasteiger partial charge is 0.469 e. The van der Waals surface area contributed by atoms with Gasteiger partial charge >= 0.3 is 11.9 Å². The van der Waals surface area contributed by atoms with Crippen molar-refractivity contribution < 1.29 is 19.1 Å². The van der Waals surface area contributed by atoms with Crippen LogP contribution in [0.5, 0.6) is 0 Å². The van der Waals surface area contributed by atoms with Crippen molar-refractivity contribution in [2.45, 2.75) is 40.7 Å². The minimum atomic E-state index is -0.380. The summed E-state index contributed by atoms with van der Waals surface area (Å²) in [6, 6.07) is 9.72. The fourth-order valence-electron chi connectivity index (χ4n) is 1.06. The Morgan fingerprint density at radius 1 is 1.15 bits per heavy atom. The zero-order valence-corrected chi connectivity index (χ0v) is 12.9. The summed E-state index contributed by atoms with van der Waals surface area (Å²) in [6.45, 7) is 7.52. The zero-order valence-electron chi connectivity index (χ0n) is 12.9. The molecule has 0 aliphatic heterocycles. The second-order valence-corrected chi connectivity index (χ2v) is 4.99. The topological polar surface area (TPSA) is 52.6 Å². The molecule has 1 aromatic carbocycles. The van der Waals surface area contributed by atoms with Crippen LogP contribution in [0.25, 0.3) is 0 Å². The number of hydrogen-bond donors (Lipinski definition) is 0. The summed E-state index contributed by atoms with van der Waals surface area (Å²) in [5, 5.41) is 0. The number of carbonyl (C=O) groups is 2. The lowest BCUT2D eigenvalue weighted by molar-refractivity contribution is -0.155. The highest BCUT2D eigenvalue weighted by atomic mass is 16.5. The number of rotatable bonds is 4. The summed E-state index contributed by atoms with van der Waals surface area (Å²) >= 11 is 0. The molecule has 0 aliphatic carbocycles. The third kappa shape index (κ3) is 7.56. The molecule has 20 heavy (non-hydrogen) atoms. The Morgan fingerprint density at radius 2 is 1.65 bits per heavy atom. The highest BCUT2D eigenvalue weighted by Crippen LogP contribution is 2.22. The predicted octanol–water partition coefficient (Wildman–Crippen LogP) is 3.35. The van der Waals surface area contributed by atoms with E-state index in [2.05, 4.69) is 4.74 Å². The molecule has 0 saturated carbocycles. The fourth-order valence-corrected chi connectivity index (χ4v) is 1.06. The van der Waals surface area contributed by atoms with Gasteiger partial charge in [-0.2, -0.15) is 0 Å². The maximum Gasteiger partial charge on any atom is 0.311 e. The van der Waals surface area contributed by atoms with Gasteiger partial charge in [-0.25, -0.2) is 0 Å². The Morgan fingerprint density at radius 3 is 2.05 bits per heavy atom. The van der Waals surface area contributed by atoms with Gasteiger partial charge in [0, 0.05) is 6.92 Å². The van der Waals surface area contributed by atoms with Crippen LogP contribution in [0.4, 0.5) is 0 Å². The molecule has 0 spiro atoms. The Bertz CT molecular complexity index is 410. The summed E-state index contributed by atoms with van der Waals surface area (Å²) in [4.78, 5) is 21.2. The molecule has 0 saturated heterocycles. The van der Waals surface area contributed by atoms with Crippen molar-refractivity contribution in [3.05, 3.63) is 35.9 Å². The van der Waals surface area contributed by atoms with Gasteiger partial charge in [0.2, 0.25) is 0 Å². The molecule has 0 radical (unpaired) electrons. The first-order chi connectivity index (χ1) is 9.33. The van der Waals surface area contributed by atoms with E-state index in [1.165, 1.54) is 14.0 Å². The van der Waals surface area contributed by atoms with Crippen LogP contribution < -0.4 is 0 Å². The second-order valence-electron chi connectivity index (χ2n) is 4.99. The van der Waals surface area contributed by atoms with Crippen LogP contribution in [0.3, 0.4) is 0 Å². The molecular formula is C16H24O4. The molecular weight excluding hydrogens is 256 g/mol. The molecule has 1 aromatic rings. The molecule has 1 rings (SSSR count). The van der Waals surface area contributed by atoms with Crippen LogP contribution in [0, 0.1) is 5.41 Å². The summed E-state index contributed by atoms with van der Waals surface area (Å²) in [5.41, 5.74) is 0.646. The molecule has 0 atom stereocenters. The predicted molar refractivity (Wildman–Crippen MR) is 78.0 cm³/mol. The van der Waals surface area contributed by atoms with E-state index in [1.807, 2.05) is 51.1 Å². The average molecular weight is 280 g/mol. The van der Waals surface area contributed by atoms with Crippen LogP contribution in [-0.2, 0) is 25.7 Å². The average Bonchev–Trinajstić information content (AvgIpc) is 2.46. The van der Waals surface area contributed by atoms with Gasteiger partial charge in [-0.1, -0.05) is 37.3 Å². The van der Waals surface area contributed by atoms with Gasteiger partial charge in [0.25, 0.3) is 0 Å². The standard InChI is InChI=1S/C13H18O2.C3H6O2/c1-4-13(2,3)12(14)15-10-11-8-6-5-7-9-11;1-3(4)5-2/h5-9H,4,10H2,1-3H3;1-2H3. The normalized spacial score (nSPS) is 10.1. The summed E-state index contributed by atoms with van der Waals surface area (Å²) < 4.78 is 9.36. The first-order valence-corrected chi connectivity index (χ1v) is 6.59. The highest BCUT2D eigenvalue weighted by molar-refractivity contribution is 5.75. The molecule has 0 heterocycles. The van der Waals surface area contributed by atoms with Crippen LogP contribution >= 0.6 is 0 Å². The van der Waals surface area contributed by atoms with E-state index < -0.39 is 0 Å². The molecule has 0 amide bonds. The van der Waals surface area contributed by atoms with Gasteiger partial charge < -0.3 is 9.47 Å². The van der Waals surface area contributed by atoms with E-state index in [0.717, 1.165) is 12.0 Å². The van der Waals surface area contributed by atoms with Gasteiger partial charge in [-0.15, -0.1) is 0 Å². The minimum Gasteiger partial charge on any atom is -0.469 e. The van der Waals surface area contributed by atoms with Gasteiger partial charge in [-0.3, -0.25) is 9.59 Å². The number of hydrogen-bond acceptors (Lipinski definition) is 4. The van der Waals surface area contributed by atoms with E-state index >= 15 is 0 Å². The third-order valence-electron chi connectivity index (χ3n) is 2.94. The Kier molecular flexibility index (Phi) is 8.29. The zero-order chi connectivity index (χ0) is 15.6. The number of esters is 2. The Balaban J connectivity index is 0.000000621. The first-order valence-electron chi connectivity index (χ1n) is 6.59. The SMILES string of the molecule is CCC(C)(C)C(=O)OCc1ccccc1.COC(C)=O. The van der Waals surface area contributed by atoms with Crippen molar-refractivity contribution in [1.82, 2.24) is 0 Å². The molecule has 4 heteroatoms. The van der Waals surface area contributed by atoms with E-state index in [4.69, 9.17) is 4.74 Å². The van der Waals surface area contributed by atoms with Crippen molar-refractivity contribution in [3.63, 3.8) is 0 Å². The monoisotopic (exact) mass is 280 g/mol. The summed E-state index contributed by atoms with van der Waals surface area (Å²) in [6.07, 6.45) is 0.792. The number of methoxy groups -OCH3 is 1. The van der Waals surface area contributed by atoms with Crippen LogP contribution in [0.2, 0.25) is 0 Å². The number of carbonyl (C=O) groups excluding carboxylic acids is 2. The van der Waals surface area contributed by atoms with Gasteiger partial charge in [-0.05, 0) is 25.8 Å². The van der Waals surface area contributed by atoms with Crippen LogP contribution in [-0.4, -0.2) is 19.0 Å². The van der Waals surface area contributed by atoms with Crippen molar-refractivity contribution >= 4 is 11.9 Å². The molecule has 0 N–H and O–H groups in total. The molecule has 0 aromatic heterocycles. The van der Waals surface area contributed by atoms with E-state index in [1.54, 1.807) is 0 Å². The quantitative estimate of drug-likeness (QED) is 0.794. The lowest BCUT2D eigenvalue weighted by Gasteiger charge is -2.20. The van der Waals surface area contributed by atoms with Crippen molar-refractivity contribution in [1.29, 1.82) is 0 Å². The number of ether oxygens (including phenoxy) is 2. The smallest absolute Gasteiger partial charge is 0.311 e. The highest BCUT2D eigenvalue weighted by Gasteiger charge is 2.26. The molecule has 112 valence electrons. The lowest BCUT2D eigenvalue weighted by Crippen LogP contribution is -2.25. The van der Waals surface area contributed by atoms with Crippen molar-refractivity contribution in [3.8, 4) is 0 Å². The molecule has 0 aliphatic rings. The van der Waals surface area contributed by atoms with Crippen molar-refractivity contribution in [2.24, 2.45) is 5.41 Å². The van der Waals surface area contributed by atoms with Crippen molar-refractivity contribution in [2.75, 3.05) is 7.11 Å². The summed E-state index contributed by atoms with van der Waals surface area (Å²) in [5.74, 6) is -0.376. The Hall–Kier alpha value is -1.84. The maximum atomic E-state index is 11.6. The van der Waals surface area contributed by atoms with Gasteiger partial charge in [0.05, 0.1) is 12.5 Å². The van der Waals surface area contributed by atoms with E-state index in [-0.39, 0.29) is 17.4 Å². The fraction of sp³-hybridized carbons (Fsp3) is 0.500. The van der Waals surface area contributed by atoms with Crippen LogP contribution in [0.1, 0.15) is 39.7 Å². The maximum absolute atomic E-state index is 11.6. The summed E-state index contributed by atoms with van der Waals surface area (Å²) in [7, 11) is 1.35. The second kappa shape index (κ2) is 9.13. The first kappa shape index (κ1) is 18.2. The molecule has 0 fully saturated rings. The van der Waals surface area contributed by atoms with E-state index in [0.29, 0.717) is 6.61 Å². The molecule has 0 bridgehead atoms.